The standard InChI is InChI=1S/C15H21N3S/c1-2-4-15(3-1)18-9-6-14(17-18)11-16-8-5-13-7-10-19-12-13/h6-7,9-10,12,15-16H,1-5,8,11H2. The third kappa shape index (κ3) is 3.45. The summed E-state index contributed by atoms with van der Waals surface area (Å²) in [5, 5.41) is 12.5. The predicted molar refractivity (Wildman–Crippen MR) is 79.5 cm³/mol. The first-order valence-electron chi connectivity index (χ1n) is 7.17. The van der Waals surface area contributed by atoms with E-state index in [2.05, 4.69) is 44.2 Å². The Hall–Kier alpha value is -1.13. The molecule has 0 unspecified atom stereocenters. The minimum atomic E-state index is 0.652. The molecule has 0 spiro atoms. The van der Waals surface area contributed by atoms with Crippen LogP contribution in [0.25, 0.3) is 0 Å². The molecule has 0 aromatic carbocycles. The van der Waals surface area contributed by atoms with Gasteiger partial charge >= 0.3 is 0 Å². The van der Waals surface area contributed by atoms with Crippen molar-refractivity contribution >= 4 is 11.3 Å². The Bertz CT molecular complexity index is 483. The average Bonchev–Trinajstić information content (AvgIpc) is 3.15. The van der Waals surface area contributed by atoms with Crippen LogP contribution in [-0.4, -0.2) is 16.3 Å². The summed E-state index contributed by atoms with van der Waals surface area (Å²) in [6, 6.07) is 5.00. The maximum Gasteiger partial charge on any atom is 0.0762 e. The minimum absolute atomic E-state index is 0.652. The zero-order valence-corrected chi connectivity index (χ0v) is 12.0. The smallest absolute Gasteiger partial charge is 0.0762 e. The maximum atomic E-state index is 4.68. The fourth-order valence-electron chi connectivity index (χ4n) is 2.73. The number of rotatable bonds is 6. The summed E-state index contributed by atoms with van der Waals surface area (Å²) >= 11 is 1.77. The lowest BCUT2D eigenvalue weighted by molar-refractivity contribution is 0.461. The van der Waals surface area contributed by atoms with Crippen LogP contribution in [-0.2, 0) is 13.0 Å². The van der Waals surface area contributed by atoms with E-state index in [1.807, 2.05) is 0 Å². The fraction of sp³-hybridized carbons (Fsp3) is 0.533. The van der Waals surface area contributed by atoms with Crippen LogP contribution in [0, 0.1) is 0 Å². The summed E-state index contributed by atoms with van der Waals surface area (Å²) in [7, 11) is 0. The summed E-state index contributed by atoms with van der Waals surface area (Å²) in [6.07, 6.45) is 8.57. The monoisotopic (exact) mass is 275 g/mol. The van der Waals surface area contributed by atoms with E-state index in [4.69, 9.17) is 0 Å². The molecule has 1 fully saturated rings. The molecule has 3 rings (SSSR count). The van der Waals surface area contributed by atoms with Crippen molar-refractivity contribution in [3.63, 3.8) is 0 Å². The van der Waals surface area contributed by atoms with Crippen molar-refractivity contribution in [2.24, 2.45) is 0 Å². The number of hydrogen-bond acceptors (Lipinski definition) is 3. The highest BCUT2D eigenvalue weighted by atomic mass is 32.1. The molecule has 2 aromatic rings. The number of aromatic nitrogens is 2. The predicted octanol–water partition coefficient (Wildman–Crippen LogP) is 3.39. The van der Waals surface area contributed by atoms with Gasteiger partial charge in [0.05, 0.1) is 11.7 Å². The van der Waals surface area contributed by atoms with Crippen LogP contribution in [0.4, 0.5) is 0 Å². The Balaban J connectivity index is 1.42. The van der Waals surface area contributed by atoms with Crippen LogP contribution in [0.1, 0.15) is 43.0 Å². The first-order valence-corrected chi connectivity index (χ1v) is 8.12. The van der Waals surface area contributed by atoms with Crippen molar-refractivity contribution in [1.82, 2.24) is 15.1 Å². The third-order valence-corrected chi connectivity index (χ3v) is 4.57. The normalized spacial score (nSPS) is 16.2. The second kappa shape index (κ2) is 6.35. The molecule has 1 aliphatic carbocycles. The van der Waals surface area contributed by atoms with E-state index < -0.39 is 0 Å². The lowest BCUT2D eigenvalue weighted by Crippen LogP contribution is -2.17. The lowest BCUT2D eigenvalue weighted by Gasteiger charge is -2.08. The average molecular weight is 275 g/mol. The zero-order valence-electron chi connectivity index (χ0n) is 11.2. The van der Waals surface area contributed by atoms with Gasteiger partial charge in [-0.25, -0.2) is 0 Å². The van der Waals surface area contributed by atoms with E-state index in [1.165, 1.54) is 31.2 Å². The van der Waals surface area contributed by atoms with Gasteiger partial charge in [-0.05, 0) is 54.3 Å². The Kier molecular flexibility index (Phi) is 4.30. The number of nitrogens with one attached hydrogen (secondary N) is 1. The van der Waals surface area contributed by atoms with Crippen molar-refractivity contribution in [3.05, 3.63) is 40.3 Å². The molecule has 2 aromatic heterocycles. The molecular formula is C15H21N3S. The SMILES string of the molecule is c1cc(CCNCc2ccn(C3CCCC3)n2)cs1. The van der Waals surface area contributed by atoms with Crippen molar-refractivity contribution in [2.45, 2.75) is 44.7 Å². The molecule has 19 heavy (non-hydrogen) atoms. The Morgan fingerprint density at radius 2 is 2.21 bits per heavy atom. The highest BCUT2D eigenvalue weighted by molar-refractivity contribution is 7.07. The van der Waals surface area contributed by atoms with E-state index >= 15 is 0 Å². The quantitative estimate of drug-likeness (QED) is 0.819. The maximum absolute atomic E-state index is 4.68. The molecule has 1 saturated carbocycles. The third-order valence-electron chi connectivity index (χ3n) is 3.84. The number of hydrogen-bond donors (Lipinski definition) is 1. The molecule has 0 radical (unpaired) electrons. The van der Waals surface area contributed by atoms with Gasteiger partial charge in [-0.15, -0.1) is 0 Å². The van der Waals surface area contributed by atoms with Crippen LogP contribution in [0.5, 0.6) is 0 Å². The summed E-state index contributed by atoms with van der Waals surface area (Å²) in [5.41, 5.74) is 2.59. The Labute approximate surface area is 118 Å². The molecule has 1 N–H and O–H groups in total. The minimum Gasteiger partial charge on any atom is -0.311 e. The van der Waals surface area contributed by atoms with Crippen molar-refractivity contribution < 1.29 is 0 Å². The van der Waals surface area contributed by atoms with Gasteiger partial charge in [0.1, 0.15) is 0 Å². The van der Waals surface area contributed by atoms with Crippen molar-refractivity contribution in [2.75, 3.05) is 6.54 Å². The van der Waals surface area contributed by atoms with Crippen LogP contribution >= 0.6 is 11.3 Å². The Morgan fingerprint density at radius 3 is 3.00 bits per heavy atom. The van der Waals surface area contributed by atoms with Gasteiger partial charge in [-0.1, -0.05) is 12.8 Å². The van der Waals surface area contributed by atoms with E-state index in [9.17, 15) is 0 Å². The zero-order chi connectivity index (χ0) is 12.9. The number of nitrogens with zero attached hydrogens (tertiary/aromatic N) is 2. The molecular weight excluding hydrogens is 254 g/mol. The molecule has 1 aliphatic rings. The molecule has 0 saturated heterocycles. The lowest BCUT2D eigenvalue weighted by atomic mass is 10.2. The van der Waals surface area contributed by atoms with Gasteiger partial charge in [0.15, 0.2) is 0 Å². The largest absolute Gasteiger partial charge is 0.311 e. The van der Waals surface area contributed by atoms with Crippen molar-refractivity contribution in [3.8, 4) is 0 Å². The highest BCUT2D eigenvalue weighted by Crippen LogP contribution is 2.28. The molecule has 2 heterocycles. The molecule has 0 amide bonds. The van der Waals surface area contributed by atoms with Crippen LogP contribution in [0.2, 0.25) is 0 Å². The fourth-order valence-corrected chi connectivity index (χ4v) is 3.43. The van der Waals surface area contributed by atoms with E-state index in [0.29, 0.717) is 6.04 Å². The molecule has 3 nitrogen and oxygen atoms in total. The van der Waals surface area contributed by atoms with E-state index in [-0.39, 0.29) is 0 Å². The summed E-state index contributed by atoms with van der Waals surface area (Å²) in [6.45, 7) is 1.90. The topological polar surface area (TPSA) is 29.9 Å². The summed E-state index contributed by atoms with van der Waals surface area (Å²) in [5.74, 6) is 0. The first-order chi connectivity index (χ1) is 9.42. The van der Waals surface area contributed by atoms with Gasteiger partial charge < -0.3 is 5.32 Å². The number of thiophene rings is 1. The molecule has 102 valence electrons. The summed E-state index contributed by atoms with van der Waals surface area (Å²) in [4.78, 5) is 0. The van der Waals surface area contributed by atoms with E-state index in [1.54, 1.807) is 11.3 Å². The van der Waals surface area contributed by atoms with Gasteiger partial charge in [0.2, 0.25) is 0 Å². The molecule has 4 heteroatoms. The Morgan fingerprint density at radius 1 is 1.32 bits per heavy atom. The second-order valence-electron chi connectivity index (χ2n) is 5.28. The first kappa shape index (κ1) is 12.9. The molecule has 0 aliphatic heterocycles. The van der Waals surface area contributed by atoms with Gasteiger partial charge in [-0.3, -0.25) is 4.68 Å². The van der Waals surface area contributed by atoms with Gasteiger partial charge in [0, 0.05) is 12.7 Å². The van der Waals surface area contributed by atoms with E-state index in [0.717, 1.165) is 25.2 Å². The molecule has 0 bridgehead atoms. The highest BCUT2D eigenvalue weighted by Gasteiger charge is 2.17. The van der Waals surface area contributed by atoms with Crippen LogP contribution < -0.4 is 5.32 Å². The van der Waals surface area contributed by atoms with Crippen molar-refractivity contribution in [1.29, 1.82) is 0 Å². The summed E-state index contributed by atoms with van der Waals surface area (Å²) < 4.78 is 2.17. The van der Waals surface area contributed by atoms with Gasteiger partial charge in [0.25, 0.3) is 0 Å². The van der Waals surface area contributed by atoms with Crippen LogP contribution in [0.3, 0.4) is 0 Å². The second-order valence-corrected chi connectivity index (χ2v) is 6.06. The van der Waals surface area contributed by atoms with Crippen LogP contribution in [0.15, 0.2) is 29.1 Å². The van der Waals surface area contributed by atoms with Gasteiger partial charge in [-0.2, -0.15) is 16.4 Å². The molecule has 0 atom stereocenters.